The van der Waals surface area contributed by atoms with Crippen molar-refractivity contribution in [1.29, 1.82) is 0 Å². The van der Waals surface area contributed by atoms with Crippen LogP contribution in [0.15, 0.2) is 46.2 Å². The summed E-state index contributed by atoms with van der Waals surface area (Å²) in [5.74, 6) is -0.196. The molecule has 6 nitrogen and oxygen atoms in total. The molecule has 1 unspecified atom stereocenters. The molecule has 0 aromatic heterocycles. The van der Waals surface area contributed by atoms with Crippen LogP contribution in [0.4, 0.5) is 11.4 Å². The topological polar surface area (TPSA) is 92.3 Å². The first kappa shape index (κ1) is 20.4. The fourth-order valence-electron chi connectivity index (χ4n) is 2.92. The number of sulfone groups is 1. The van der Waals surface area contributed by atoms with Gasteiger partial charge in [-0.05, 0) is 56.2 Å². The van der Waals surface area contributed by atoms with Crippen LogP contribution >= 0.6 is 11.8 Å². The van der Waals surface area contributed by atoms with Gasteiger partial charge in [0.05, 0.1) is 21.6 Å². The number of thioether (sulfide) groups is 1. The minimum Gasteiger partial charge on any atom is -0.326 e. The normalized spacial score (nSPS) is 14.8. The molecule has 148 valence electrons. The molecule has 8 heteroatoms. The Morgan fingerprint density at radius 3 is 2.75 bits per heavy atom. The number of hydrogen-bond donors (Lipinski definition) is 2. The molecule has 0 aliphatic carbocycles. The average molecular weight is 419 g/mol. The summed E-state index contributed by atoms with van der Waals surface area (Å²) in [5, 5.41) is 4.65. The Bertz CT molecular complexity index is 1050. The van der Waals surface area contributed by atoms with Gasteiger partial charge in [0.25, 0.3) is 0 Å². The van der Waals surface area contributed by atoms with Gasteiger partial charge in [-0.2, -0.15) is 0 Å². The van der Waals surface area contributed by atoms with E-state index >= 15 is 0 Å². The molecule has 28 heavy (non-hydrogen) atoms. The molecule has 0 radical (unpaired) electrons. The largest absolute Gasteiger partial charge is 0.326 e. The van der Waals surface area contributed by atoms with Crippen molar-refractivity contribution in [2.45, 2.75) is 42.2 Å². The van der Waals surface area contributed by atoms with Gasteiger partial charge in [-0.15, -0.1) is 11.8 Å². The summed E-state index contributed by atoms with van der Waals surface area (Å²) in [6, 6.07) is 10.2. The molecule has 1 heterocycles. The third-order valence-electron chi connectivity index (χ3n) is 4.80. The van der Waals surface area contributed by atoms with Crippen LogP contribution in [0.1, 0.15) is 24.5 Å². The van der Waals surface area contributed by atoms with E-state index in [4.69, 9.17) is 0 Å². The van der Waals surface area contributed by atoms with Crippen LogP contribution in [-0.4, -0.2) is 31.2 Å². The number of rotatable bonds is 5. The van der Waals surface area contributed by atoms with E-state index < -0.39 is 15.1 Å². The molecule has 0 spiro atoms. The fourth-order valence-corrected chi connectivity index (χ4v) is 5.22. The highest BCUT2D eigenvalue weighted by Gasteiger charge is 2.27. The van der Waals surface area contributed by atoms with E-state index in [0.29, 0.717) is 16.3 Å². The summed E-state index contributed by atoms with van der Waals surface area (Å²) >= 11 is 1.30. The Morgan fingerprint density at radius 2 is 2.00 bits per heavy atom. The molecule has 0 saturated carbocycles. The molecule has 2 aromatic rings. The van der Waals surface area contributed by atoms with E-state index in [0.717, 1.165) is 11.1 Å². The maximum Gasteiger partial charge on any atom is 0.234 e. The van der Waals surface area contributed by atoms with Gasteiger partial charge in [0, 0.05) is 17.0 Å². The summed E-state index contributed by atoms with van der Waals surface area (Å²) in [6.07, 6.45) is -0.142. The molecule has 3 rings (SSSR count). The lowest BCUT2D eigenvalue weighted by atomic mass is 10.1. The molecule has 0 saturated heterocycles. The van der Waals surface area contributed by atoms with Crippen molar-refractivity contribution >= 4 is 44.8 Å². The van der Waals surface area contributed by atoms with Gasteiger partial charge >= 0.3 is 0 Å². The van der Waals surface area contributed by atoms with Crippen molar-refractivity contribution < 1.29 is 18.0 Å². The van der Waals surface area contributed by atoms with E-state index in [1.165, 1.54) is 24.8 Å². The predicted octanol–water partition coefficient (Wildman–Crippen LogP) is 3.54. The zero-order chi connectivity index (χ0) is 20.5. The highest BCUT2D eigenvalue weighted by molar-refractivity contribution is 8.00. The first-order valence-corrected chi connectivity index (χ1v) is 11.4. The molecule has 1 aliphatic heterocycles. The van der Waals surface area contributed by atoms with Crippen LogP contribution in [0, 0.1) is 13.8 Å². The van der Waals surface area contributed by atoms with E-state index in [9.17, 15) is 18.0 Å². The van der Waals surface area contributed by atoms with Gasteiger partial charge in [0.2, 0.25) is 11.8 Å². The fraction of sp³-hybridized carbons (Fsp3) is 0.300. The Kier molecular flexibility index (Phi) is 5.81. The first-order valence-electron chi connectivity index (χ1n) is 8.85. The Labute approximate surface area is 169 Å². The molecule has 0 bridgehead atoms. The van der Waals surface area contributed by atoms with Gasteiger partial charge in [0.1, 0.15) is 0 Å². The van der Waals surface area contributed by atoms with Crippen LogP contribution in [0.3, 0.4) is 0 Å². The van der Waals surface area contributed by atoms with E-state index in [1.54, 1.807) is 18.2 Å². The van der Waals surface area contributed by atoms with Crippen molar-refractivity contribution in [1.82, 2.24) is 0 Å². The minimum atomic E-state index is -3.68. The molecular formula is C20H22N2O4S2. The van der Waals surface area contributed by atoms with E-state index in [2.05, 4.69) is 10.6 Å². The number of carbonyl (C=O) groups is 2. The van der Waals surface area contributed by atoms with Gasteiger partial charge in [-0.1, -0.05) is 12.1 Å². The summed E-state index contributed by atoms with van der Waals surface area (Å²) in [5.41, 5.74) is 3.31. The number of fused-ring (bicyclic) bond motifs is 1. The van der Waals surface area contributed by atoms with Crippen LogP contribution in [-0.2, 0) is 19.4 Å². The average Bonchev–Trinajstić information content (AvgIpc) is 2.64. The highest BCUT2D eigenvalue weighted by atomic mass is 32.2. The second-order valence-electron chi connectivity index (χ2n) is 6.85. The smallest absolute Gasteiger partial charge is 0.234 e. The Hall–Kier alpha value is -2.32. The number of anilines is 2. The van der Waals surface area contributed by atoms with Crippen molar-refractivity contribution in [3.8, 4) is 0 Å². The number of nitrogens with one attached hydrogen (secondary N) is 2. The standard InChI is InChI=1S/C20H22N2O4S2/c1-12-5-4-6-16(14(12)3)21-19(23)9-13(2)28(25,26)15-7-8-17-18(10-15)27-11-20(24)22-17/h4-8,10,13H,9,11H2,1-3H3,(H,21,23)(H,22,24). The molecule has 1 aliphatic rings. The van der Waals surface area contributed by atoms with Gasteiger partial charge in [-0.3, -0.25) is 9.59 Å². The monoisotopic (exact) mass is 418 g/mol. The van der Waals surface area contributed by atoms with Gasteiger partial charge in [0.15, 0.2) is 9.84 Å². The number of benzene rings is 2. The Balaban J connectivity index is 1.74. The maximum atomic E-state index is 12.9. The zero-order valence-electron chi connectivity index (χ0n) is 15.9. The van der Waals surface area contributed by atoms with Crippen LogP contribution in [0.2, 0.25) is 0 Å². The SMILES string of the molecule is Cc1cccc(NC(=O)CC(C)S(=O)(=O)c2ccc3c(c2)SCC(=O)N3)c1C. The number of aryl methyl sites for hydroxylation is 1. The number of hydrogen-bond acceptors (Lipinski definition) is 5. The minimum absolute atomic E-state index is 0.107. The summed E-state index contributed by atoms with van der Waals surface area (Å²) in [4.78, 5) is 24.7. The van der Waals surface area contributed by atoms with Crippen molar-refractivity contribution in [2.75, 3.05) is 16.4 Å². The Morgan fingerprint density at radius 1 is 1.25 bits per heavy atom. The van der Waals surface area contributed by atoms with E-state index in [1.807, 2.05) is 26.0 Å². The van der Waals surface area contributed by atoms with Gasteiger partial charge in [-0.25, -0.2) is 8.42 Å². The second kappa shape index (κ2) is 7.97. The van der Waals surface area contributed by atoms with Crippen molar-refractivity contribution in [3.05, 3.63) is 47.5 Å². The predicted molar refractivity (Wildman–Crippen MR) is 112 cm³/mol. The highest BCUT2D eigenvalue weighted by Crippen LogP contribution is 2.34. The first-order chi connectivity index (χ1) is 13.2. The third-order valence-corrected chi connectivity index (χ3v) is 7.99. The molecule has 2 aromatic carbocycles. The number of amides is 2. The summed E-state index contributed by atoms with van der Waals surface area (Å²) in [6.45, 7) is 5.40. The number of carbonyl (C=O) groups excluding carboxylic acids is 2. The summed E-state index contributed by atoms with van der Waals surface area (Å²) < 4.78 is 25.8. The lowest BCUT2D eigenvalue weighted by Crippen LogP contribution is -2.25. The molecule has 0 fully saturated rings. The van der Waals surface area contributed by atoms with Crippen LogP contribution in [0.25, 0.3) is 0 Å². The second-order valence-corrected chi connectivity index (χ2v) is 10.2. The third kappa shape index (κ3) is 4.23. The molecule has 2 amide bonds. The van der Waals surface area contributed by atoms with Crippen molar-refractivity contribution in [3.63, 3.8) is 0 Å². The van der Waals surface area contributed by atoms with Crippen LogP contribution in [0.5, 0.6) is 0 Å². The summed E-state index contributed by atoms with van der Waals surface area (Å²) in [7, 11) is -3.68. The van der Waals surface area contributed by atoms with Gasteiger partial charge < -0.3 is 10.6 Å². The molecule has 1 atom stereocenters. The molecule has 2 N–H and O–H groups in total. The zero-order valence-corrected chi connectivity index (χ0v) is 17.5. The quantitative estimate of drug-likeness (QED) is 0.775. The van der Waals surface area contributed by atoms with Crippen molar-refractivity contribution in [2.24, 2.45) is 0 Å². The van der Waals surface area contributed by atoms with Crippen LogP contribution < -0.4 is 10.6 Å². The van der Waals surface area contributed by atoms with E-state index in [-0.39, 0.29) is 28.9 Å². The molecular weight excluding hydrogens is 396 g/mol. The maximum absolute atomic E-state index is 12.9. The lowest BCUT2D eigenvalue weighted by Gasteiger charge is -2.19. The lowest BCUT2D eigenvalue weighted by molar-refractivity contribution is -0.116.